The van der Waals surface area contributed by atoms with Crippen molar-refractivity contribution in [2.75, 3.05) is 5.48 Å². The minimum absolute atomic E-state index is 0.570. The van der Waals surface area contributed by atoms with Gasteiger partial charge in [-0.25, -0.2) is 0 Å². The molecule has 0 aromatic heterocycles. The smallest absolute Gasteiger partial charge is 0.0996 e. The van der Waals surface area contributed by atoms with E-state index in [1.54, 1.807) is 0 Å². The minimum Gasteiger partial charge on any atom is -0.271 e. The standard InChI is InChI=1S/C17H21NO/c1-3-15-11-8-12-17(16(15)4-2)18-19-13-14-9-6-5-7-10-14/h5-12,18H,3-4,13H2,1-2H3. The zero-order valence-corrected chi connectivity index (χ0v) is 11.6. The number of hydrogen-bond acceptors (Lipinski definition) is 2. The molecule has 2 heteroatoms. The summed E-state index contributed by atoms with van der Waals surface area (Å²) in [5.74, 6) is 0. The van der Waals surface area contributed by atoms with Crippen LogP contribution < -0.4 is 5.48 Å². The van der Waals surface area contributed by atoms with E-state index in [4.69, 9.17) is 4.84 Å². The van der Waals surface area contributed by atoms with E-state index >= 15 is 0 Å². The number of nitrogens with one attached hydrogen (secondary N) is 1. The van der Waals surface area contributed by atoms with Crippen LogP contribution in [0.5, 0.6) is 0 Å². The van der Waals surface area contributed by atoms with Gasteiger partial charge in [-0.3, -0.25) is 10.3 Å². The van der Waals surface area contributed by atoms with Crippen molar-refractivity contribution in [1.29, 1.82) is 0 Å². The fourth-order valence-corrected chi connectivity index (χ4v) is 2.25. The van der Waals surface area contributed by atoms with Gasteiger partial charge in [0.15, 0.2) is 0 Å². The molecule has 0 saturated heterocycles. The molecule has 0 aliphatic heterocycles. The van der Waals surface area contributed by atoms with Gasteiger partial charge in [0.2, 0.25) is 0 Å². The summed E-state index contributed by atoms with van der Waals surface area (Å²) in [5, 5.41) is 0. The molecule has 0 amide bonds. The fraction of sp³-hybridized carbons (Fsp3) is 0.294. The molecule has 19 heavy (non-hydrogen) atoms. The van der Waals surface area contributed by atoms with Crippen LogP contribution >= 0.6 is 0 Å². The summed E-state index contributed by atoms with van der Waals surface area (Å²) in [6, 6.07) is 16.5. The third-order valence-corrected chi connectivity index (χ3v) is 3.27. The molecule has 0 aliphatic carbocycles. The van der Waals surface area contributed by atoms with Crippen molar-refractivity contribution in [3.63, 3.8) is 0 Å². The van der Waals surface area contributed by atoms with Crippen molar-refractivity contribution < 1.29 is 4.84 Å². The number of benzene rings is 2. The second kappa shape index (κ2) is 6.95. The summed E-state index contributed by atoms with van der Waals surface area (Å²) < 4.78 is 0. The Morgan fingerprint density at radius 2 is 1.68 bits per heavy atom. The van der Waals surface area contributed by atoms with Gasteiger partial charge in [0.25, 0.3) is 0 Å². The molecule has 0 bridgehead atoms. The van der Waals surface area contributed by atoms with Crippen molar-refractivity contribution in [2.24, 2.45) is 0 Å². The number of rotatable bonds is 6. The van der Waals surface area contributed by atoms with Gasteiger partial charge in [0, 0.05) is 0 Å². The van der Waals surface area contributed by atoms with Crippen LogP contribution in [0.1, 0.15) is 30.5 Å². The highest BCUT2D eigenvalue weighted by Crippen LogP contribution is 2.21. The van der Waals surface area contributed by atoms with Gasteiger partial charge in [-0.2, -0.15) is 0 Å². The van der Waals surface area contributed by atoms with Crippen LogP contribution in [0.25, 0.3) is 0 Å². The van der Waals surface area contributed by atoms with Crippen molar-refractivity contribution in [1.82, 2.24) is 0 Å². The fourth-order valence-electron chi connectivity index (χ4n) is 2.25. The maximum atomic E-state index is 5.60. The first-order chi connectivity index (χ1) is 9.35. The third kappa shape index (κ3) is 3.58. The first-order valence-electron chi connectivity index (χ1n) is 6.87. The normalized spacial score (nSPS) is 10.4. The Labute approximate surface area is 115 Å². The molecule has 0 aliphatic rings. The van der Waals surface area contributed by atoms with E-state index in [9.17, 15) is 0 Å². The lowest BCUT2D eigenvalue weighted by Gasteiger charge is -2.14. The van der Waals surface area contributed by atoms with E-state index < -0.39 is 0 Å². The number of aryl methyl sites for hydroxylation is 1. The van der Waals surface area contributed by atoms with Gasteiger partial charge in [-0.1, -0.05) is 56.3 Å². The van der Waals surface area contributed by atoms with Crippen LogP contribution in [0.2, 0.25) is 0 Å². The maximum absolute atomic E-state index is 5.60. The van der Waals surface area contributed by atoms with E-state index in [2.05, 4.69) is 49.7 Å². The first-order valence-corrected chi connectivity index (χ1v) is 6.87. The third-order valence-electron chi connectivity index (χ3n) is 3.27. The molecule has 100 valence electrons. The molecule has 2 nitrogen and oxygen atoms in total. The summed E-state index contributed by atoms with van der Waals surface area (Å²) in [7, 11) is 0. The average Bonchev–Trinajstić information content (AvgIpc) is 2.48. The van der Waals surface area contributed by atoms with Crippen LogP contribution in [0.3, 0.4) is 0 Å². The van der Waals surface area contributed by atoms with E-state index in [-0.39, 0.29) is 0 Å². The van der Waals surface area contributed by atoms with Gasteiger partial charge < -0.3 is 0 Å². The second-order valence-electron chi connectivity index (χ2n) is 4.53. The summed E-state index contributed by atoms with van der Waals surface area (Å²) in [6.45, 7) is 4.93. The molecule has 2 aromatic rings. The molecule has 2 rings (SSSR count). The lowest BCUT2D eigenvalue weighted by Crippen LogP contribution is -2.05. The molecule has 1 N–H and O–H groups in total. The van der Waals surface area contributed by atoms with Crippen molar-refractivity contribution in [2.45, 2.75) is 33.3 Å². The Kier molecular flexibility index (Phi) is 4.99. The molecule has 0 radical (unpaired) electrons. The van der Waals surface area contributed by atoms with Crippen LogP contribution in [0, 0.1) is 0 Å². The van der Waals surface area contributed by atoms with Gasteiger partial charge in [0.1, 0.15) is 0 Å². The van der Waals surface area contributed by atoms with Gasteiger partial charge in [-0.05, 0) is 35.6 Å². The van der Waals surface area contributed by atoms with E-state index in [0.717, 1.165) is 18.5 Å². The Balaban J connectivity index is 2.00. The van der Waals surface area contributed by atoms with Gasteiger partial charge in [-0.15, -0.1) is 0 Å². The molecule has 0 spiro atoms. The van der Waals surface area contributed by atoms with Crippen molar-refractivity contribution in [3.05, 3.63) is 65.2 Å². The van der Waals surface area contributed by atoms with Crippen LogP contribution in [0.15, 0.2) is 48.5 Å². The monoisotopic (exact) mass is 255 g/mol. The maximum Gasteiger partial charge on any atom is 0.0996 e. The van der Waals surface area contributed by atoms with E-state index in [1.807, 2.05) is 18.2 Å². The molecule has 0 saturated carbocycles. The summed E-state index contributed by atoms with van der Waals surface area (Å²) in [6.07, 6.45) is 2.07. The second-order valence-corrected chi connectivity index (χ2v) is 4.53. The molecular formula is C17H21NO. The van der Waals surface area contributed by atoms with Crippen LogP contribution in [-0.4, -0.2) is 0 Å². The predicted octanol–water partition coefficient (Wildman–Crippen LogP) is 4.36. The lowest BCUT2D eigenvalue weighted by atomic mass is 10.0. The minimum atomic E-state index is 0.570. The Bertz CT molecular complexity index is 508. The number of anilines is 1. The van der Waals surface area contributed by atoms with E-state index in [0.29, 0.717) is 6.61 Å². The molecule has 0 fully saturated rings. The number of hydrogen-bond donors (Lipinski definition) is 1. The van der Waals surface area contributed by atoms with E-state index in [1.165, 1.54) is 16.7 Å². The zero-order valence-electron chi connectivity index (χ0n) is 11.6. The Morgan fingerprint density at radius 1 is 0.895 bits per heavy atom. The average molecular weight is 255 g/mol. The molecule has 0 heterocycles. The van der Waals surface area contributed by atoms with Gasteiger partial charge in [0.05, 0.1) is 12.3 Å². The van der Waals surface area contributed by atoms with Crippen molar-refractivity contribution >= 4 is 5.69 Å². The molecule has 0 unspecified atom stereocenters. The SMILES string of the molecule is CCc1cccc(NOCc2ccccc2)c1CC. The molecule has 0 atom stereocenters. The van der Waals surface area contributed by atoms with Crippen molar-refractivity contribution in [3.8, 4) is 0 Å². The summed E-state index contributed by atoms with van der Waals surface area (Å²) in [4.78, 5) is 5.60. The van der Waals surface area contributed by atoms with Crippen LogP contribution in [0.4, 0.5) is 5.69 Å². The predicted molar refractivity (Wildman–Crippen MR) is 80.1 cm³/mol. The molecular weight excluding hydrogens is 234 g/mol. The zero-order chi connectivity index (χ0) is 13.5. The highest BCUT2D eigenvalue weighted by molar-refractivity contribution is 5.53. The largest absolute Gasteiger partial charge is 0.271 e. The quantitative estimate of drug-likeness (QED) is 0.775. The molecule has 2 aromatic carbocycles. The first kappa shape index (κ1) is 13.6. The summed E-state index contributed by atoms with van der Waals surface area (Å²) >= 11 is 0. The van der Waals surface area contributed by atoms with Crippen LogP contribution in [-0.2, 0) is 24.3 Å². The highest BCUT2D eigenvalue weighted by atomic mass is 16.6. The topological polar surface area (TPSA) is 21.3 Å². The Hall–Kier alpha value is -1.80. The lowest BCUT2D eigenvalue weighted by molar-refractivity contribution is 0.180. The Morgan fingerprint density at radius 3 is 2.37 bits per heavy atom. The summed E-state index contributed by atoms with van der Waals surface area (Å²) in [5.41, 5.74) is 8.07. The van der Waals surface area contributed by atoms with Gasteiger partial charge >= 0.3 is 0 Å². The highest BCUT2D eigenvalue weighted by Gasteiger charge is 2.05.